The van der Waals surface area contributed by atoms with Gasteiger partial charge in [-0.1, -0.05) is 57.0 Å². The zero-order valence-electron chi connectivity index (χ0n) is 16.1. The van der Waals surface area contributed by atoms with E-state index in [1.807, 2.05) is 32.0 Å². The third-order valence-electron chi connectivity index (χ3n) is 3.57. The number of hydrogen-bond acceptors (Lipinski definition) is 0. The summed E-state index contributed by atoms with van der Waals surface area (Å²) >= 11 is 2.27. The van der Waals surface area contributed by atoms with Gasteiger partial charge in [0.05, 0.1) is 0 Å². The molecule has 0 aromatic heterocycles. The summed E-state index contributed by atoms with van der Waals surface area (Å²) in [6, 6.07) is 8.10. The minimum Gasteiger partial charge on any atom is -1.00 e. The molecular weight excluding hydrogens is 389 g/mol. The van der Waals surface area contributed by atoms with E-state index in [1.54, 1.807) is 0 Å². The van der Waals surface area contributed by atoms with Gasteiger partial charge >= 0.3 is 38.5 Å². The summed E-state index contributed by atoms with van der Waals surface area (Å²) in [4.78, 5) is 0. The Hall–Kier alpha value is -0.119. The van der Waals surface area contributed by atoms with Crippen LogP contribution >= 0.6 is 0 Å². The Kier molecular flexibility index (Phi) is 16.8. The molecule has 1 nitrogen and oxygen atoms in total. The predicted octanol–water partition coefficient (Wildman–Crippen LogP) is 0.419. The molecule has 0 heterocycles. The first-order valence-corrected chi connectivity index (χ1v) is 12.4. The summed E-state index contributed by atoms with van der Waals surface area (Å²) in [5.74, 6) is 0. The largest absolute Gasteiger partial charge is 1.00 e. The smallest absolute Gasteiger partial charge is 0.0398 e. The summed E-state index contributed by atoms with van der Waals surface area (Å²) < 4.78 is 0. The summed E-state index contributed by atoms with van der Waals surface area (Å²) in [5, 5.41) is 0. The molecule has 2 aromatic rings. The number of nitrogens with one attached hydrogen (secondary N) is 1. The number of benzene rings is 1. The molecule has 0 saturated carbocycles. The molecule has 0 unspecified atom stereocenters. The van der Waals surface area contributed by atoms with Gasteiger partial charge in [0.25, 0.3) is 0 Å². The fourth-order valence-electron chi connectivity index (χ4n) is 1.87. The minimum atomic E-state index is 0. The van der Waals surface area contributed by atoms with Crippen LogP contribution in [0.1, 0.15) is 33.4 Å². The van der Waals surface area contributed by atoms with E-state index in [4.69, 9.17) is 5.73 Å². The van der Waals surface area contributed by atoms with E-state index in [2.05, 4.69) is 66.0 Å². The molecule has 2 aromatic carbocycles. The van der Waals surface area contributed by atoms with Crippen molar-refractivity contribution in [2.45, 2.75) is 54.6 Å². The van der Waals surface area contributed by atoms with E-state index in [9.17, 15) is 0 Å². The fraction of sp³-hybridized carbons (Fsp3) is 0.421. The molecule has 134 valence electrons. The summed E-state index contributed by atoms with van der Waals surface area (Å²) in [7, 11) is 0. The van der Waals surface area contributed by atoms with Crippen LogP contribution in [-0.2, 0) is 19.2 Å². The first-order chi connectivity index (χ1) is 10.1. The predicted molar refractivity (Wildman–Crippen MR) is 98.4 cm³/mol. The molecule has 0 fully saturated rings. The van der Waals surface area contributed by atoms with Gasteiger partial charge in [0.15, 0.2) is 0 Å². The standard InChI is InChI=1S/C9H13.C8H10N.C2H6Si.2ClH.Ti/c1-6-5-7(2)9(4)8(6)3;1-6-3-4-7(2)8(9)5-6;1-3-2;;;/h5H,1-4H3;3-5,9H,1-2H3;1-2H3;2*1H;/q2*-1;;;;+2/p-2. The summed E-state index contributed by atoms with van der Waals surface area (Å²) in [6.45, 7) is 17.2. The third-order valence-corrected chi connectivity index (χ3v) is 3.57. The van der Waals surface area contributed by atoms with Crippen LogP contribution in [0.4, 0.5) is 5.69 Å². The third kappa shape index (κ3) is 11.4. The van der Waals surface area contributed by atoms with Gasteiger partial charge in [-0.3, -0.25) is 0 Å². The van der Waals surface area contributed by atoms with Crippen molar-refractivity contribution in [2.24, 2.45) is 0 Å². The monoisotopic (exact) mass is 417 g/mol. The van der Waals surface area contributed by atoms with Crippen molar-refractivity contribution in [3.05, 3.63) is 63.4 Å². The molecule has 0 saturated heterocycles. The van der Waals surface area contributed by atoms with Gasteiger partial charge in [-0.15, -0.1) is 5.69 Å². The number of rotatable bonds is 0. The Labute approximate surface area is 173 Å². The van der Waals surface area contributed by atoms with Crippen LogP contribution in [0, 0.1) is 41.5 Å². The van der Waals surface area contributed by atoms with Crippen LogP contribution < -0.4 is 24.8 Å². The zero-order valence-corrected chi connectivity index (χ0v) is 20.1. The number of hydrogen-bond donors (Lipinski definition) is 0. The van der Waals surface area contributed by atoms with Crippen molar-refractivity contribution in [3.63, 3.8) is 0 Å². The Morgan fingerprint density at radius 2 is 1.42 bits per heavy atom. The fourth-order valence-corrected chi connectivity index (χ4v) is 1.87. The van der Waals surface area contributed by atoms with E-state index in [0.717, 1.165) is 11.1 Å². The van der Waals surface area contributed by atoms with Crippen LogP contribution in [0.2, 0.25) is 13.1 Å². The quantitative estimate of drug-likeness (QED) is 0.438. The van der Waals surface area contributed by atoms with Gasteiger partial charge in [0.1, 0.15) is 0 Å². The Morgan fingerprint density at radius 1 is 0.958 bits per heavy atom. The Bertz CT molecular complexity index is 610. The van der Waals surface area contributed by atoms with Crippen LogP contribution in [0.5, 0.6) is 0 Å². The second-order valence-corrected chi connectivity index (χ2v) is 12.8. The zero-order chi connectivity index (χ0) is 17.4. The van der Waals surface area contributed by atoms with Gasteiger partial charge in [-0.2, -0.15) is 28.3 Å². The Balaban J connectivity index is -0.000000283. The van der Waals surface area contributed by atoms with E-state index in [0.29, 0.717) is 5.69 Å². The maximum absolute atomic E-state index is 7.36. The molecule has 0 atom stereocenters. The topological polar surface area (TPSA) is 23.8 Å². The van der Waals surface area contributed by atoms with Crippen molar-refractivity contribution in [3.8, 4) is 0 Å². The summed E-state index contributed by atoms with van der Waals surface area (Å²) in [5.41, 5.74) is 15.9. The van der Waals surface area contributed by atoms with E-state index in [1.165, 1.54) is 22.3 Å². The van der Waals surface area contributed by atoms with Gasteiger partial charge in [0, 0.05) is 0 Å². The van der Waals surface area contributed by atoms with Gasteiger partial charge in [-0.05, 0) is 13.8 Å². The SMILES string of the molecule is C[Si](C)=[Ti+2].Cc1c[c-](C)c(C)c1C.Cc1ccc(C)c([NH-])c1.[Cl-].[Cl-]. The molecule has 0 aliphatic rings. The van der Waals surface area contributed by atoms with Crippen molar-refractivity contribution >= 4 is 11.9 Å². The van der Waals surface area contributed by atoms with Crippen molar-refractivity contribution < 1.29 is 44.0 Å². The van der Waals surface area contributed by atoms with E-state index in [-0.39, 0.29) is 31.0 Å². The summed E-state index contributed by atoms with van der Waals surface area (Å²) in [6.07, 6.45) is 0.120. The molecule has 0 aliphatic heterocycles. The van der Waals surface area contributed by atoms with Crippen LogP contribution in [-0.4, -0.2) is 6.19 Å². The van der Waals surface area contributed by atoms with E-state index < -0.39 is 0 Å². The van der Waals surface area contributed by atoms with Gasteiger partial charge in [-0.25, -0.2) is 0 Å². The second-order valence-electron chi connectivity index (χ2n) is 6.08. The molecule has 0 bridgehead atoms. The second kappa shape index (κ2) is 14.1. The van der Waals surface area contributed by atoms with Crippen molar-refractivity contribution in [2.75, 3.05) is 0 Å². The normalized spacial score (nSPS) is 8.58. The average Bonchev–Trinajstić information content (AvgIpc) is 2.61. The van der Waals surface area contributed by atoms with Crippen molar-refractivity contribution in [1.82, 2.24) is 0 Å². The molecule has 24 heavy (non-hydrogen) atoms. The molecule has 5 heteroatoms. The number of aryl methyl sites for hydroxylation is 4. The van der Waals surface area contributed by atoms with Crippen molar-refractivity contribution in [1.29, 1.82) is 0 Å². The first kappa shape index (κ1) is 28.7. The molecule has 2 rings (SSSR count). The molecule has 1 N–H and O–H groups in total. The first-order valence-electron chi connectivity index (χ1n) is 7.57. The average molecular weight is 418 g/mol. The van der Waals surface area contributed by atoms with Gasteiger partial charge in [0.2, 0.25) is 0 Å². The molecule has 0 amide bonds. The molecular formula is C19H29Cl2NSiTi-2. The van der Waals surface area contributed by atoms with Crippen LogP contribution in [0.3, 0.4) is 0 Å². The molecule has 0 aliphatic carbocycles. The maximum Gasteiger partial charge on any atom is -0.0398 e. The Morgan fingerprint density at radius 3 is 1.62 bits per heavy atom. The molecule has 0 spiro atoms. The molecule has 0 radical (unpaired) electrons. The van der Waals surface area contributed by atoms with Gasteiger partial charge < -0.3 is 30.5 Å². The maximum atomic E-state index is 7.36. The van der Waals surface area contributed by atoms with E-state index >= 15 is 0 Å². The minimum absolute atomic E-state index is 0. The van der Waals surface area contributed by atoms with Crippen LogP contribution in [0.25, 0.3) is 5.73 Å². The van der Waals surface area contributed by atoms with Crippen LogP contribution in [0.15, 0.2) is 24.3 Å². The number of halogens is 2.